The third kappa shape index (κ3) is 3.19. The van der Waals surface area contributed by atoms with Gasteiger partial charge in [0, 0.05) is 0 Å². The Labute approximate surface area is 137 Å². The van der Waals surface area contributed by atoms with Crippen molar-refractivity contribution in [3.63, 3.8) is 0 Å². The smallest absolute Gasteiger partial charge is 0.216 e. The summed E-state index contributed by atoms with van der Waals surface area (Å²) in [6.45, 7) is 0. The number of H-pyrrole nitrogens is 1. The van der Waals surface area contributed by atoms with Crippen LogP contribution in [-0.2, 0) is 0 Å². The number of halogens is 1. The molecule has 1 aromatic heterocycles. The van der Waals surface area contributed by atoms with Gasteiger partial charge in [0.05, 0.1) is 18.9 Å². The molecule has 0 bridgehead atoms. The van der Waals surface area contributed by atoms with Gasteiger partial charge in [-0.3, -0.25) is 0 Å². The summed E-state index contributed by atoms with van der Waals surface area (Å²) in [5, 5.41) is 11.2. The van der Waals surface area contributed by atoms with E-state index in [2.05, 4.69) is 15.3 Å². The van der Waals surface area contributed by atoms with Crippen LogP contribution in [0.15, 0.2) is 53.6 Å². The summed E-state index contributed by atoms with van der Waals surface area (Å²) >= 11 is 5.21. The van der Waals surface area contributed by atoms with Gasteiger partial charge in [-0.1, -0.05) is 24.3 Å². The average molecular weight is 328 g/mol. The molecule has 3 aromatic rings. The van der Waals surface area contributed by atoms with E-state index in [9.17, 15) is 4.39 Å². The summed E-state index contributed by atoms with van der Waals surface area (Å²) in [6, 6.07) is 13.6. The number of nitrogens with one attached hydrogen (secondary N) is 1. The van der Waals surface area contributed by atoms with E-state index in [0.29, 0.717) is 21.9 Å². The Morgan fingerprint density at radius 3 is 2.87 bits per heavy atom. The Bertz CT molecular complexity index is 916. The molecule has 3 rings (SSSR count). The number of hydrogen-bond donors (Lipinski definition) is 1. The van der Waals surface area contributed by atoms with Gasteiger partial charge in [-0.2, -0.15) is 14.9 Å². The summed E-state index contributed by atoms with van der Waals surface area (Å²) in [4.78, 5) is 0. The molecule has 1 heterocycles. The number of methoxy groups -OCH3 is 1. The van der Waals surface area contributed by atoms with Crippen LogP contribution < -0.4 is 4.74 Å². The predicted octanol–water partition coefficient (Wildman–Crippen LogP) is 3.64. The van der Waals surface area contributed by atoms with Gasteiger partial charge in [-0.15, -0.1) is 0 Å². The van der Waals surface area contributed by atoms with E-state index < -0.39 is 0 Å². The molecule has 5 nitrogen and oxygen atoms in total. The molecule has 0 radical (unpaired) electrons. The molecule has 7 heteroatoms. The zero-order chi connectivity index (χ0) is 16.2. The summed E-state index contributed by atoms with van der Waals surface area (Å²) < 4.78 is 20.4. The van der Waals surface area contributed by atoms with Gasteiger partial charge in [0.15, 0.2) is 5.82 Å². The van der Waals surface area contributed by atoms with Crippen LogP contribution in [0.1, 0.15) is 5.56 Å². The number of rotatable bonds is 4. The van der Waals surface area contributed by atoms with E-state index in [1.807, 2.05) is 24.3 Å². The van der Waals surface area contributed by atoms with Gasteiger partial charge in [-0.05, 0) is 42.0 Å². The second-order valence-electron chi connectivity index (χ2n) is 4.66. The monoisotopic (exact) mass is 328 g/mol. The second kappa shape index (κ2) is 6.53. The minimum absolute atomic E-state index is 0.324. The maximum absolute atomic E-state index is 13.2. The second-order valence-corrected chi connectivity index (χ2v) is 5.05. The van der Waals surface area contributed by atoms with Crippen LogP contribution in [0.25, 0.3) is 11.4 Å². The van der Waals surface area contributed by atoms with Crippen molar-refractivity contribution < 1.29 is 9.13 Å². The highest BCUT2D eigenvalue weighted by Gasteiger charge is 2.12. The van der Waals surface area contributed by atoms with E-state index in [1.165, 1.54) is 23.0 Å². The highest BCUT2D eigenvalue weighted by Crippen LogP contribution is 2.27. The molecule has 0 saturated heterocycles. The maximum Gasteiger partial charge on any atom is 0.216 e. The lowest BCUT2D eigenvalue weighted by atomic mass is 10.2. The van der Waals surface area contributed by atoms with Gasteiger partial charge in [0.2, 0.25) is 4.77 Å². The largest absolute Gasteiger partial charge is 0.496 e. The molecule has 0 aliphatic rings. The molecule has 1 N–H and O–H groups in total. The van der Waals surface area contributed by atoms with Crippen LogP contribution in [0.2, 0.25) is 0 Å². The fourth-order valence-electron chi connectivity index (χ4n) is 2.11. The van der Waals surface area contributed by atoms with Crippen LogP contribution in [0.5, 0.6) is 5.75 Å². The molecule has 0 saturated carbocycles. The predicted molar refractivity (Wildman–Crippen MR) is 88.8 cm³/mol. The Morgan fingerprint density at radius 1 is 1.26 bits per heavy atom. The van der Waals surface area contributed by atoms with Crippen molar-refractivity contribution in [3.05, 3.63) is 64.7 Å². The van der Waals surface area contributed by atoms with Crippen molar-refractivity contribution in [2.75, 3.05) is 7.11 Å². The van der Waals surface area contributed by atoms with Crippen LogP contribution in [-0.4, -0.2) is 28.2 Å². The Hall–Kier alpha value is -2.80. The van der Waals surface area contributed by atoms with Gasteiger partial charge >= 0.3 is 0 Å². The van der Waals surface area contributed by atoms with Crippen LogP contribution in [0, 0.1) is 10.6 Å². The van der Waals surface area contributed by atoms with Crippen LogP contribution in [0.3, 0.4) is 0 Å². The lowest BCUT2D eigenvalue weighted by Crippen LogP contribution is -1.97. The topological polar surface area (TPSA) is 55.2 Å². The molecule has 0 spiro atoms. The SMILES string of the molecule is COc1ccccc1-c1n[nH]c(=S)n1/N=C\c1cccc(F)c1. The fourth-order valence-corrected chi connectivity index (χ4v) is 2.29. The number of aromatic nitrogens is 3. The highest BCUT2D eigenvalue weighted by molar-refractivity contribution is 7.71. The van der Waals surface area contributed by atoms with Gasteiger partial charge < -0.3 is 4.74 Å². The zero-order valence-electron chi connectivity index (χ0n) is 12.2. The quantitative estimate of drug-likeness (QED) is 0.588. The summed E-state index contributed by atoms with van der Waals surface area (Å²) in [7, 11) is 1.58. The molecule has 0 aliphatic heterocycles. The molecule has 0 unspecified atom stereocenters. The number of ether oxygens (including phenoxy) is 1. The first-order valence-corrected chi connectivity index (χ1v) is 7.20. The molecule has 0 amide bonds. The number of hydrogen-bond acceptors (Lipinski definition) is 4. The van der Waals surface area contributed by atoms with Crippen molar-refractivity contribution in [2.45, 2.75) is 0 Å². The summed E-state index contributed by atoms with van der Waals surface area (Å²) in [6.07, 6.45) is 1.52. The molecule has 0 aliphatic carbocycles. The zero-order valence-corrected chi connectivity index (χ0v) is 13.0. The minimum Gasteiger partial charge on any atom is -0.496 e. The molecule has 2 aromatic carbocycles. The van der Waals surface area contributed by atoms with Crippen molar-refractivity contribution >= 4 is 18.4 Å². The van der Waals surface area contributed by atoms with Crippen molar-refractivity contribution in [2.24, 2.45) is 5.10 Å². The third-order valence-corrected chi connectivity index (χ3v) is 3.43. The molecular formula is C16H13FN4OS. The Morgan fingerprint density at radius 2 is 2.09 bits per heavy atom. The van der Waals surface area contributed by atoms with Gasteiger partial charge in [0.1, 0.15) is 11.6 Å². The van der Waals surface area contributed by atoms with Crippen molar-refractivity contribution in [3.8, 4) is 17.1 Å². The summed E-state index contributed by atoms with van der Waals surface area (Å²) in [5.41, 5.74) is 1.37. The average Bonchev–Trinajstić information content (AvgIpc) is 2.93. The number of aromatic amines is 1. The van der Waals surface area contributed by atoms with Gasteiger partial charge in [-0.25, -0.2) is 9.49 Å². The maximum atomic E-state index is 13.2. The molecule has 0 fully saturated rings. The van der Waals surface area contributed by atoms with Crippen molar-refractivity contribution in [1.82, 2.24) is 14.9 Å². The molecular weight excluding hydrogens is 315 g/mol. The fraction of sp³-hybridized carbons (Fsp3) is 0.0625. The molecule has 0 atom stereocenters. The third-order valence-electron chi connectivity index (χ3n) is 3.17. The number of benzene rings is 2. The molecule has 23 heavy (non-hydrogen) atoms. The van der Waals surface area contributed by atoms with Crippen LogP contribution >= 0.6 is 12.2 Å². The normalized spacial score (nSPS) is 11.0. The van der Waals surface area contributed by atoms with E-state index >= 15 is 0 Å². The van der Waals surface area contributed by atoms with E-state index in [4.69, 9.17) is 17.0 Å². The Kier molecular flexibility index (Phi) is 4.29. The first-order chi connectivity index (χ1) is 11.2. The first kappa shape index (κ1) is 15.1. The summed E-state index contributed by atoms with van der Waals surface area (Å²) in [5.74, 6) is 0.846. The lowest BCUT2D eigenvalue weighted by molar-refractivity contribution is 0.416. The Balaban J connectivity index is 2.04. The van der Waals surface area contributed by atoms with E-state index in [1.54, 1.807) is 19.2 Å². The standard InChI is InChI=1S/C16H13FN4OS/c1-22-14-8-3-2-7-13(14)15-19-20-16(23)21(15)18-10-11-5-4-6-12(17)9-11/h2-10H,1H3,(H,20,23)/b18-10-. The van der Waals surface area contributed by atoms with Gasteiger partial charge in [0.25, 0.3) is 0 Å². The minimum atomic E-state index is -0.324. The number of para-hydroxylation sites is 1. The van der Waals surface area contributed by atoms with E-state index in [-0.39, 0.29) is 5.82 Å². The lowest BCUT2D eigenvalue weighted by Gasteiger charge is -2.06. The molecule has 116 valence electrons. The van der Waals surface area contributed by atoms with E-state index in [0.717, 1.165) is 5.56 Å². The highest BCUT2D eigenvalue weighted by atomic mass is 32.1. The first-order valence-electron chi connectivity index (χ1n) is 6.80. The van der Waals surface area contributed by atoms with Crippen LogP contribution in [0.4, 0.5) is 4.39 Å². The van der Waals surface area contributed by atoms with Crippen molar-refractivity contribution in [1.29, 1.82) is 0 Å². The number of nitrogens with zero attached hydrogens (tertiary/aromatic N) is 3.